The third kappa shape index (κ3) is 3.93. The molecule has 0 aliphatic carbocycles. The molecule has 1 aliphatic rings. The number of hydrogen-bond acceptors (Lipinski definition) is 2. The standard InChI is InChI=1S/C15H20ClFN2O/c1-10-8-13(16)12(9-14(10)17)15(20)19-7-5-11-4-2-3-6-18-11/h8-9,11,18H,2-7H2,1H3,(H,19,20). The molecule has 0 radical (unpaired) electrons. The van der Waals surface area contributed by atoms with E-state index in [0.29, 0.717) is 18.2 Å². The van der Waals surface area contributed by atoms with Crippen molar-refractivity contribution in [1.82, 2.24) is 10.6 Å². The number of benzene rings is 1. The van der Waals surface area contributed by atoms with Crippen molar-refractivity contribution in [3.8, 4) is 0 Å². The first kappa shape index (κ1) is 15.3. The fourth-order valence-electron chi connectivity index (χ4n) is 2.45. The molecule has 1 aromatic rings. The Balaban J connectivity index is 1.87. The summed E-state index contributed by atoms with van der Waals surface area (Å²) < 4.78 is 13.5. The third-order valence-electron chi connectivity index (χ3n) is 3.68. The van der Waals surface area contributed by atoms with Crippen LogP contribution in [-0.4, -0.2) is 25.0 Å². The summed E-state index contributed by atoms with van der Waals surface area (Å²) in [7, 11) is 0. The average Bonchev–Trinajstić information content (AvgIpc) is 2.44. The monoisotopic (exact) mass is 298 g/mol. The van der Waals surface area contributed by atoms with Gasteiger partial charge in [-0.1, -0.05) is 18.0 Å². The van der Waals surface area contributed by atoms with Crippen molar-refractivity contribution in [2.24, 2.45) is 0 Å². The lowest BCUT2D eigenvalue weighted by Gasteiger charge is -2.23. The minimum atomic E-state index is -0.409. The van der Waals surface area contributed by atoms with Gasteiger partial charge in [0, 0.05) is 12.6 Å². The van der Waals surface area contributed by atoms with Crippen molar-refractivity contribution in [1.29, 1.82) is 0 Å². The first-order valence-electron chi connectivity index (χ1n) is 7.05. The van der Waals surface area contributed by atoms with Gasteiger partial charge in [0.05, 0.1) is 10.6 Å². The van der Waals surface area contributed by atoms with E-state index in [4.69, 9.17) is 11.6 Å². The zero-order valence-electron chi connectivity index (χ0n) is 11.6. The Kier molecular flexibility index (Phi) is 5.38. The fraction of sp³-hybridized carbons (Fsp3) is 0.533. The van der Waals surface area contributed by atoms with Gasteiger partial charge >= 0.3 is 0 Å². The molecule has 1 saturated heterocycles. The van der Waals surface area contributed by atoms with Crippen LogP contribution in [0.4, 0.5) is 4.39 Å². The second-order valence-electron chi connectivity index (χ2n) is 5.27. The Morgan fingerprint density at radius 3 is 3.00 bits per heavy atom. The van der Waals surface area contributed by atoms with Crippen LogP contribution in [0.5, 0.6) is 0 Å². The summed E-state index contributed by atoms with van der Waals surface area (Å²) in [5.74, 6) is -0.724. The van der Waals surface area contributed by atoms with E-state index < -0.39 is 5.82 Å². The van der Waals surface area contributed by atoms with E-state index in [0.717, 1.165) is 19.4 Å². The summed E-state index contributed by atoms with van der Waals surface area (Å²) in [4.78, 5) is 12.0. The van der Waals surface area contributed by atoms with Gasteiger partial charge in [0.2, 0.25) is 0 Å². The molecule has 5 heteroatoms. The van der Waals surface area contributed by atoms with Crippen LogP contribution in [0.1, 0.15) is 41.6 Å². The van der Waals surface area contributed by atoms with Gasteiger partial charge < -0.3 is 10.6 Å². The van der Waals surface area contributed by atoms with Crippen LogP contribution in [0, 0.1) is 12.7 Å². The van der Waals surface area contributed by atoms with E-state index in [1.807, 2.05) is 0 Å². The number of hydrogen-bond donors (Lipinski definition) is 2. The normalized spacial score (nSPS) is 18.9. The van der Waals surface area contributed by atoms with Crippen LogP contribution < -0.4 is 10.6 Å². The molecule has 1 aliphatic heterocycles. The van der Waals surface area contributed by atoms with Crippen LogP contribution in [-0.2, 0) is 0 Å². The van der Waals surface area contributed by atoms with E-state index in [-0.39, 0.29) is 16.5 Å². The van der Waals surface area contributed by atoms with E-state index in [2.05, 4.69) is 10.6 Å². The number of carbonyl (C=O) groups excluding carboxylic acids is 1. The molecule has 0 bridgehead atoms. The van der Waals surface area contributed by atoms with Crippen molar-refractivity contribution in [3.05, 3.63) is 34.1 Å². The number of aryl methyl sites for hydroxylation is 1. The number of halogens is 2. The highest BCUT2D eigenvalue weighted by molar-refractivity contribution is 6.33. The molecule has 2 N–H and O–H groups in total. The van der Waals surface area contributed by atoms with Crippen molar-refractivity contribution >= 4 is 17.5 Å². The summed E-state index contributed by atoms with van der Waals surface area (Å²) in [5, 5.41) is 6.52. The molecule has 0 spiro atoms. The maximum Gasteiger partial charge on any atom is 0.252 e. The molecule has 0 saturated carbocycles. The van der Waals surface area contributed by atoms with Crippen LogP contribution in [0.15, 0.2) is 12.1 Å². The van der Waals surface area contributed by atoms with Crippen LogP contribution in [0.25, 0.3) is 0 Å². The highest BCUT2D eigenvalue weighted by Crippen LogP contribution is 2.20. The van der Waals surface area contributed by atoms with E-state index in [9.17, 15) is 9.18 Å². The maximum atomic E-state index is 13.5. The lowest BCUT2D eigenvalue weighted by Crippen LogP contribution is -2.37. The highest BCUT2D eigenvalue weighted by Gasteiger charge is 2.15. The third-order valence-corrected chi connectivity index (χ3v) is 4.00. The number of nitrogens with one attached hydrogen (secondary N) is 2. The molecular weight excluding hydrogens is 279 g/mol. The van der Waals surface area contributed by atoms with E-state index in [1.165, 1.54) is 25.0 Å². The molecule has 1 aromatic carbocycles. The zero-order valence-corrected chi connectivity index (χ0v) is 12.4. The molecule has 20 heavy (non-hydrogen) atoms. The number of amides is 1. The predicted molar refractivity (Wildman–Crippen MR) is 78.7 cm³/mol. The number of rotatable bonds is 4. The molecule has 1 fully saturated rings. The van der Waals surface area contributed by atoms with Crippen molar-refractivity contribution in [2.45, 2.75) is 38.6 Å². The molecule has 110 valence electrons. The first-order chi connectivity index (χ1) is 9.58. The van der Waals surface area contributed by atoms with Gasteiger partial charge in [-0.05, 0) is 50.4 Å². The van der Waals surface area contributed by atoms with Crippen LogP contribution in [0.3, 0.4) is 0 Å². The fourth-order valence-corrected chi connectivity index (χ4v) is 2.75. The summed E-state index contributed by atoms with van der Waals surface area (Å²) in [5.41, 5.74) is 0.643. The summed E-state index contributed by atoms with van der Waals surface area (Å²) in [6, 6.07) is 3.15. The van der Waals surface area contributed by atoms with Gasteiger partial charge in [-0.25, -0.2) is 4.39 Å². The Hall–Kier alpha value is -1.13. The average molecular weight is 299 g/mol. The molecule has 3 nitrogen and oxygen atoms in total. The van der Waals surface area contributed by atoms with Gasteiger partial charge in [-0.15, -0.1) is 0 Å². The molecule has 0 aromatic heterocycles. The van der Waals surface area contributed by atoms with E-state index >= 15 is 0 Å². The smallest absolute Gasteiger partial charge is 0.252 e. The lowest BCUT2D eigenvalue weighted by molar-refractivity contribution is 0.0951. The maximum absolute atomic E-state index is 13.5. The summed E-state index contributed by atoms with van der Waals surface area (Å²) in [6.07, 6.45) is 4.50. The van der Waals surface area contributed by atoms with Crippen molar-refractivity contribution in [2.75, 3.05) is 13.1 Å². The number of piperidine rings is 1. The second-order valence-corrected chi connectivity index (χ2v) is 5.68. The largest absolute Gasteiger partial charge is 0.352 e. The SMILES string of the molecule is Cc1cc(Cl)c(C(=O)NCCC2CCCCN2)cc1F. The molecular formula is C15H20ClFN2O. The Morgan fingerprint density at radius 2 is 2.30 bits per heavy atom. The Bertz CT molecular complexity index is 487. The van der Waals surface area contributed by atoms with E-state index in [1.54, 1.807) is 6.92 Å². The molecule has 1 atom stereocenters. The lowest BCUT2D eigenvalue weighted by atomic mass is 10.0. The number of carbonyl (C=O) groups is 1. The molecule has 1 heterocycles. The minimum Gasteiger partial charge on any atom is -0.352 e. The topological polar surface area (TPSA) is 41.1 Å². The predicted octanol–water partition coefficient (Wildman–Crippen LogP) is 3.05. The van der Waals surface area contributed by atoms with Crippen molar-refractivity contribution < 1.29 is 9.18 Å². The van der Waals surface area contributed by atoms with Crippen LogP contribution in [0.2, 0.25) is 5.02 Å². The zero-order chi connectivity index (χ0) is 14.5. The van der Waals surface area contributed by atoms with Gasteiger partial charge in [-0.2, -0.15) is 0 Å². The Labute approximate surface area is 123 Å². The summed E-state index contributed by atoms with van der Waals surface area (Å²) >= 11 is 5.98. The van der Waals surface area contributed by atoms with Crippen LogP contribution >= 0.6 is 11.6 Å². The second kappa shape index (κ2) is 7.04. The van der Waals surface area contributed by atoms with Gasteiger partial charge in [-0.3, -0.25) is 4.79 Å². The molecule has 1 amide bonds. The minimum absolute atomic E-state index is 0.200. The quantitative estimate of drug-likeness (QED) is 0.897. The highest BCUT2D eigenvalue weighted by atomic mass is 35.5. The van der Waals surface area contributed by atoms with Gasteiger partial charge in [0.1, 0.15) is 5.82 Å². The van der Waals surface area contributed by atoms with Crippen molar-refractivity contribution in [3.63, 3.8) is 0 Å². The van der Waals surface area contributed by atoms with Gasteiger partial charge in [0.25, 0.3) is 5.91 Å². The molecule has 1 unspecified atom stereocenters. The van der Waals surface area contributed by atoms with Gasteiger partial charge in [0.15, 0.2) is 0 Å². The Morgan fingerprint density at radius 1 is 1.50 bits per heavy atom. The first-order valence-corrected chi connectivity index (χ1v) is 7.43. The summed E-state index contributed by atoms with van der Waals surface area (Å²) in [6.45, 7) is 3.24. The molecule has 2 rings (SSSR count).